The third-order valence-electron chi connectivity index (χ3n) is 5.40. The van der Waals surface area contributed by atoms with Crippen molar-refractivity contribution >= 4 is 11.8 Å². The quantitative estimate of drug-likeness (QED) is 0.847. The van der Waals surface area contributed by atoms with E-state index in [0.29, 0.717) is 5.92 Å². The Labute approximate surface area is 120 Å². The first-order chi connectivity index (χ1) is 9.19. The monoisotopic (exact) mass is 286 g/mol. The smallest absolute Gasteiger partial charge is 0.0937 e. The number of ether oxygens (including phenoxy) is 2. The number of methoxy groups -OCH3 is 1. The van der Waals surface area contributed by atoms with E-state index in [1.807, 2.05) is 11.8 Å². The highest BCUT2D eigenvalue weighted by molar-refractivity contribution is 7.99. The van der Waals surface area contributed by atoms with E-state index in [-0.39, 0.29) is 11.7 Å². The number of aliphatic hydroxyl groups is 1. The van der Waals surface area contributed by atoms with Crippen LogP contribution in [0.5, 0.6) is 0 Å². The van der Waals surface area contributed by atoms with Gasteiger partial charge < -0.3 is 14.6 Å². The van der Waals surface area contributed by atoms with E-state index < -0.39 is 5.60 Å². The van der Waals surface area contributed by atoms with Gasteiger partial charge in [0.05, 0.1) is 17.3 Å². The zero-order chi connectivity index (χ0) is 13.3. The number of thioether (sulfide) groups is 1. The van der Waals surface area contributed by atoms with Crippen LogP contribution in [0.1, 0.15) is 44.9 Å². The summed E-state index contributed by atoms with van der Waals surface area (Å²) in [5.41, 5.74) is -0.559. The molecule has 0 amide bonds. The molecular formula is C15H26O3S. The van der Waals surface area contributed by atoms with Crippen LogP contribution < -0.4 is 0 Å². The molecule has 2 saturated heterocycles. The first-order valence-corrected chi connectivity index (χ1v) is 8.81. The van der Waals surface area contributed by atoms with E-state index in [0.717, 1.165) is 50.9 Å². The fourth-order valence-electron chi connectivity index (χ4n) is 4.26. The molecule has 3 nitrogen and oxygen atoms in total. The lowest BCUT2D eigenvalue weighted by molar-refractivity contribution is -0.189. The SMILES string of the molecule is COC1CCCCC1(O)C1CCOC2(CCSC2)C1. The van der Waals surface area contributed by atoms with E-state index in [1.54, 1.807) is 7.11 Å². The molecule has 1 spiro atoms. The summed E-state index contributed by atoms with van der Waals surface area (Å²) in [6.07, 6.45) is 7.42. The van der Waals surface area contributed by atoms with Gasteiger partial charge in [0.2, 0.25) is 0 Å². The zero-order valence-corrected chi connectivity index (χ0v) is 12.7. The summed E-state index contributed by atoms with van der Waals surface area (Å²) in [4.78, 5) is 0. The molecule has 2 aliphatic heterocycles. The summed E-state index contributed by atoms with van der Waals surface area (Å²) in [6.45, 7) is 0.809. The van der Waals surface area contributed by atoms with Crippen molar-refractivity contribution in [3.05, 3.63) is 0 Å². The molecule has 0 bridgehead atoms. The van der Waals surface area contributed by atoms with Gasteiger partial charge in [0.15, 0.2) is 0 Å². The minimum Gasteiger partial charge on any atom is -0.387 e. The Kier molecular flexibility index (Phi) is 4.14. The maximum Gasteiger partial charge on any atom is 0.0937 e. The van der Waals surface area contributed by atoms with Crippen LogP contribution in [0, 0.1) is 5.92 Å². The Morgan fingerprint density at radius 1 is 1.26 bits per heavy atom. The van der Waals surface area contributed by atoms with Crippen LogP contribution in [-0.4, -0.2) is 47.6 Å². The van der Waals surface area contributed by atoms with E-state index >= 15 is 0 Å². The highest BCUT2D eigenvalue weighted by atomic mass is 32.2. The molecule has 3 aliphatic rings. The molecule has 4 unspecified atom stereocenters. The van der Waals surface area contributed by atoms with Crippen molar-refractivity contribution < 1.29 is 14.6 Å². The molecule has 0 aromatic rings. The van der Waals surface area contributed by atoms with Crippen LogP contribution in [0.25, 0.3) is 0 Å². The lowest BCUT2D eigenvalue weighted by atomic mass is 9.67. The fourth-order valence-corrected chi connectivity index (χ4v) is 5.63. The van der Waals surface area contributed by atoms with Crippen molar-refractivity contribution in [2.24, 2.45) is 5.92 Å². The van der Waals surface area contributed by atoms with Gasteiger partial charge in [-0.3, -0.25) is 0 Å². The summed E-state index contributed by atoms with van der Waals surface area (Å²) in [7, 11) is 1.75. The molecule has 1 saturated carbocycles. The average Bonchev–Trinajstić information content (AvgIpc) is 2.87. The van der Waals surface area contributed by atoms with E-state index in [9.17, 15) is 5.11 Å². The van der Waals surface area contributed by atoms with Gasteiger partial charge >= 0.3 is 0 Å². The second-order valence-corrected chi connectivity index (χ2v) is 7.59. The molecule has 0 aromatic heterocycles. The van der Waals surface area contributed by atoms with Gasteiger partial charge in [-0.1, -0.05) is 12.8 Å². The van der Waals surface area contributed by atoms with Crippen LogP contribution in [0.3, 0.4) is 0 Å². The first kappa shape index (κ1) is 14.2. The highest BCUT2D eigenvalue weighted by Crippen LogP contribution is 2.47. The molecular weight excluding hydrogens is 260 g/mol. The normalized spacial score (nSPS) is 47.7. The maximum absolute atomic E-state index is 11.2. The van der Waals surface area contributed by atoms with E-state index in [1.165, 1.54) is 12.2 Å². The van der Waals surface area contributed by atoms with Gasteiger partial charge in [0.1, 0.15) is 0 Å². The van der Waals surface area contributed by atoms with Crippen molar-refractivity contribution in [3.63, 3.8) is 0 Å². The van der Waals surface area contributed by atoms with Gasteiger partial charge in [-0.05, 0) is 43.8 Å². The Bertz CT molecular complexity index is 317. The molecule has 1 aliphatic carbocycles. The maximum atomic E-state index is 11.2. The molecule has 4 heteroatoms. The minimum atomic E-state index is -0.614. The van der Waals surface area contributed by atoms with Crippen molar-refractivity contribution in [1.29, 1.82) is 0 Å². The fraction of sp³-hybridized carbons (Fsp3) is 1.00. The third kappa shape index (κ3) is 2.57. The van der Waals surface area contributed by atoms with Crippen LogP contribution in [0.15, 0.2) is 0 Å². The summed E-state index contributed by atoms with van der Waals surface area (Å²) in [5, 5.41) is 11.2. The predicted octanol–water partition coefficient (Wildman–Crippen LogP) is 2.61. The Balaban J connectivity index is 1.76. The molecule has 1 N–H and O–H groups in total. The van der Waals surface area contributed by atoms with Gasteiger partial charge in [-0.25, -0.2) is 0 Å². The van der Waals surface area contributed by atoms with Crippen LogP contribution in [0.4, 0.5) is 0 Å². The average molecular weight is 286 g/mol. The van der Waals surface area contributed by atoms with E-state index in [2.05, 4.69) is 0 Å². The first-order valence-electron chi connectivity index (χ1n) is 7.65. The standard InChI is InChI=1S/C15H26O3S/c1-17-13-4-2-3-6-15(13,16)12-5-8-18-14(10-12)7-9-19-11-14/h12-13,16H,2-11H2,1H3. The predicted molar refractivity (Wildman–Crippen MR) is 77.6 cm³/mol. The van der Waals surface area contributed by atoms with Crippen molar-refractivity contribution in [1.82, 2.24) is 0 Å². The van der Waals surface area contributed by atoms with Crippen molar-refractivity contribution in [2.45, 2.75) is 62.3 Å². The zero-order valence-electron chi connectivity index (χ0n) is 11.9. The summed E-state index contributed by atoms with van der Waals surface area (Å²) in [6, 6.07) is 0. The Hall–Kier alpha value is 0.230. The number of hydrogen-bond donors (Lipinski definition) is 1. The molecule has 19 heavy (non-hydrogen) atoms. The Morgan fingerprint density at radius 3 is 2.89 bits per heavy atom. The minimum absolute atomic E-state index is 0.0236. The summed E-state index contributed by atoms with van der Waals surface area (Å²) in [5.74, 6) is 2.67. The van der Waals surface area contributed by atoms with Crippen LogP contribution in [-0.2, 0) is 9.47 Å². The van der Waals surface area contributed by atoms with Crippen molar-refractivity contribution in [3.8, 4) is 0 Å². The molecule has 3 fully saturated rings. The molecule has 3 rings (SSSR count). The molecule has 110 valence electrons. The van der Waals surface area contributed by atoms with Gasteiger partial charge in [-0.15, -0.1) is 0 Å². The topological polar surface area (TPSA) is 38.7 Å². The number of hydrogen-bond acceptors (Lipinski definition) is 4. The summed E-state index contributed by atoms with van der Waals surface area (Å²) < 4.78 is 11.7. The van der Waals surface area contributed by atoms with E-state index in [4.69, 9.17) is 9.47 Å². The van der Waals surface area contributed by atoms with Gasteiger partial charge in [0, 0.05) is 19.5 Å². The van der Waals surface area contributed by atoms with Crippen LogP contribution >= 0.6 is 11.8 Å². The van der Waals surface area contributed by atoms with Crippen LogP contribution in [0.2, 0.25) is 0 Å². The molecule has 0 radical (unpaired) electrons. The summed E-state index contributed by atoms with van der Waals surface area (Å²) >= 11 is 2.00. The lowest BCUT2D eigenvalue weighted by Crippen LogP contribution is -2.56. The number of rotatable bonds is 2. The van der Waals surface area contributed by atoms with Gasteiger partial charge in [-0.2, -0.15) is 11.8 Å². The second-order valence-electron chi connectivity index (χ2n) is 6.49. The van der Waals surface area contributed by atoms with Gasteiger partial charge in [0.25, 0.3) is 0 Å². The molecule has 0 aromatic carbocycles. The third-order valence-corrected chi connectivity index (χ3v) is 6.63. The largest absolute Gasteiger partial charge is 0.387 e. The lowest BCUT2D eigenvalue weighted by Gasteiger charge is -2.49. The molecule has 4 atom stereocenters. The van der Waals surface area contributed by atoms with Crippen molar-refractivity contribution in [2.75, 3.05) is 25.2 Å². The highest BCUT2D eigenvalue weighted by Gasteiger charge is 2.51. The molecule has 2 heterocycles. The second kappa shape index (κ2) is 5.55. The Morgan fingerprint density at radius 2 is 2.16 bits per heavy atom.